The largest absolute Gasteiger partial charge is 0.484 e. The number of hydrogen-bond acceptors (Lipinski definition) is 7. The predicted octanol–water partition coefficient (Wildman–Crippen LogP) is 0.980. The average Bonchev–Trinajstić information content (AvgIpc) is 2.82. The van der Waals surface area contributed by atoms with Crippen molar-refractivity contribution < 1.29 is 31.9 Å². The number of hydrazone groups is 1. The maximum absolute atomic E-state index is 14.0. The molecule has 1 saturated heterocycles. The summed E-state index contributed by atoms with van der Waals surface area (Å²) in [6.45, 7) is 1.41. The van der Waals surface area contributed by atoms with Gasteiger partial charge in [0.05, 0.1) is 31.4 Å². The molecule has 0 saturated carbocycles. The van der Waals surface area contributed by atoms with E-state index in [9.17, 15) is 22.4 Å². The van der Waals surface area contributed by atoms with Crippen LogP contribution in [-0.4, -0.2) is 77.1 Å². The Hall–Kier alpha value is -3.51. The number of ether oxygens (including phenoxy) is 2. The highest BCUT2D eigenvalue weighted by molar-refractivity contribution is 7.92. The first kappa shape index (κ1) is 25.1. The zero-order valence-electron chi connectivity index (χ0n) is 18.5. The smallest absolute Gasteiger partial charge is 0.260 e. The highest BCUT2D eigenvalue weighted by atomic mass is 32.2. The van der Waals surface area contributed by atoms with E-state index in [1.54, 1.807) is 29.2 Å². The van der Waals surface area contributed by atoms with Gasteiger partial charge < -0.3 is 14.4 Å². The molecule has 1 fully saturated rings. The first-order valence-electron chi connectivity index (χ1n) is 10.4. The number of halogens is 1. The van der Waals surface area contributed by atoms with Crippen LogP contribution >= 0.6 is 0 Å². The lowest BCUT2D eigenvalue weighted by molar-refractivity contribution is -0.137. The molecule has 10 nitrogen and oxygen atoms in total. The third-order valence-electron chi connectivity index (χ3n) is 4.82. The summed E-state index contributed by atoms with van der Waals surface area (Å²) in [7, 11) is -3.90. The molecule has 12 heteroatoms. The van der Waals surface area contributed by atoms with Gasteiger partial charge in [0.15, 0.2) is 6.61 Å². The number of nitrogens with one attached hydrogen (secondary N) is 1. The summed E-state index contributed by atoms with van der Waals surface area (Å²) in [6, 6.07) is 11.9. The number of sulfonamides is 1. The van der Waals surface area contributed by atoms with Crippen LogP contribution < -0.4 is 14.5 Å². The molecular weight excluding hydrogens is 467 g/mol. The van der Waals surface area contributed by atoms with Crippen LogP contribution in [0.2, 0.25) is 0 Å². The van der Waals surface area contributed by atoms with Crippen molar-refractivity contribution in [2.45, 2.75) is 0 Å². The van der Waals surface area contributed by atoms with Gasteiger partial charge in [0, 0.05) is 13.1 Å². The number of nitrogens with zero attached hydrogens (tertiary/aromatic N) is 3. The standard InChI is InChI=1S/C22H25FN4O6S/c1-34(30,31)27(20-5-3-2-4-19(20)23)15-21(28)25-24-14-17-6-8-18(9-7-17)33-16-22(29)26-10-12-32-13-11-26/h2-9,14H,10-13,15-16H2,1H3,(H,25,28)/b24-14-. The van der Waals surface area contributed by atoms with Crippen LogP contribution in [0.5, 0.6) is 5.75 Å². The normalized spacial score (nSPS) is 14.1. The molecule has 34 heavy (non-hydrogen) atoms. The van der Waals surface area contributed by atoms with E-state index in [4.69, 9.17) is 9.47 Å². The third kappa shape index (κ3) is 7.25. The highest BCUT2D eigenvalue weighted by Gasteiger charge is 2.23. The van der Waals surface area contributed by atoms with E-state index >= 15 is 0 Å². The van der Waals surface area contributed by atoms with Gasteiger partial charge >= 0.3 is 0 Å². The Kier molecular flexibility index (Phi) is 8.55. The van der Waals surface area contributed by atoms with E-state index in [1.807, 2.05) is 0 Å². The number of carbonyl (C=O) groups is 2. The lowest BCUT2D eigenvalue weighted by Gasteiger charge is -2.26. The molecule has 2 aromatic carbocycles. The summed E-state index contributed by atoms with van der Waals surface area (Å²) in [5.41, 5.74) is 2.62. The summed E-state index contributed by atoms with van der Waals surface area (Å²) < 4.78 is 49.5. The van der Waals surface area contributed by atoms with Gasteiger partial charge in [-0.25, -0.2) is 18.2 Å². The molecule has 1 aliphatic heterocycles. The molecular formula is C22H25FN4O6S. The van der Waals surface area contributed by atoms with Crippen LogP contribution in [0.1, 0.15) is 5.56 Å². The monoisotopic (exact) mass is 492 g/mol. The summed E-state index contributed by atoms with van der Waals surface area (Å²) in [6.07, 6.45) is 2.24. The van der Waals surface area contributed by atoms with Crippen molar-refractivity contribution >= 4 is 33.7 Å². The van der Waals surface area contributed by atoms with Gasteiger partial charge in [-0.15, -0.1) is 0 Å². The molecule has 0 bridgehead atoms. The molecule has 0 aliphatic carbocycles. The Labute approximate surface area is 197 Å². The van der Waals surface area contributed by atoms with Gasteiger partial charge in [0.1, 0.15) is 18.1 Å². The molecule has 1 heterocycles. The lowest BCUT2D eigenvalue weighted by Crippen LogP contribution is -2.42. The van der Waals surface area contributed by atoms with Gasteiger partial charge in [0.25, 0.3) is 11.8 Å². The number of anilines is 1. The minimum Gasteiger partial charge on any atom is -0.484 e. The molecule has 1 aliphatic rings. The fourth-order valence-corrected chi connectivity index (χ4v) is 3.94. The van der Waals surface area contributed by atoms with E-state index < -0.39 is 28.3 Å². The number of rotatable bonds is 9. The Bertz CT molecular complexity index is 1130. The van der Waals surface area contributed by atoms with Crippen molar-refractivity contribution in [3.8, 4) is 5.75 Å². The van der Waals surface area contributed by atoms with E-state index in [1.165, 1.54) is 24.4 Å². The van der Waals surface area contributed by atoms with Crippen molar-refractivity contribution in [1.82, 2.24) is 10.3 Å². The fourth-order valence-electron chi connectivity index (χ4n) is 3.08. The van der Waals surface area contributed by atoms with Gasteiger partial charge in [0.2, 0.25) is 10.0 Å². The summed E-state index contributed by atoms with van der Waals surface area (Å²) in [5, 5.41) is 3.80. The maximum Gasteiger partial charge on any atom is 0.260 e. The topological polar surface area (TPSA) is 118 Å². The van der Waals surface area contributed by atoms with Gasteiger partial charge in [-0.2, -0.15) is 5.10 Å². The van der Waals surface area contributed by atoms with Gasteiger partial charge in [-0.3, -0.25) is 13.9 Å². The first-order chi connectivity index (χ1) is 16.2. The molecule has 0 atom stereocenters. The molecule has 1 N–H and O–H groups in total. The maximum atomic E-state index is 14.0. The zero-order valence-corrected chi connectivity index (χ0v) is 19.3. The van der Waals surface area contributed by atoms with Crippen molar-refractivity contribution in [1.29, 1.82) is 0 Å². The second kappa shape index (κ2) is 11.6. The van der Waals surface area contributed by atoms with E-state index in [2.05, 4.69) is 10.5 Å². The van der Waals surface area contributed by atoms with Crippen molar-refractivity contribution in [2.75, 3.05) is 50.0 Å². The van der Waals surface area contributed by atoms with Crippen LogP contribution in [0.4, 0.5) is 10.1 Å². The van der Waals surface area contributed by atoms with Crippen LogP contribution in [0.25, 0.3) is 0 Å². The molecule has 3 rings (SSSR count). The summed E-state index contributed by atoms with van der Waals surface area (Å²) in [4.78, 5) is 26.0. The van der Waals surface area contributed by atoms with E-state index in [-0.39, 0.29) is 18.2 Å². The molecule has 0 unspecified atom stereocenters. The highest BCUT2D eigenvalue weighted by Crippen LogP contribution is 2.21. The number of amides is 2. The summed E-state index contributed by atoms with van der Waals surface area (Å²) in [5.74, 6) is -1.13. The Morgan fingerprint density at radius 3 is 2.50 bits per heavy atom. The zero-order chi connectivity index (χ0) is 24.6. The molecule has 182 valence electrons. The van der Waals surface area contributed by atoms with Crippen LogP contribution in [0.15, 0.2) is 53.6 Å². The summed E-state index contributed by atoms with van der Waals surface area (Å²) >= 11 is 0. The Morgan fingerprint density at radius 1 is 1.18 bits per heavy atom. The second-order valence-corrected chi connectivity index (χ2v) is 9.27. The quantitative estimate of drug-likeness (QED) is 0.412. The van der Waals surface area contributed by atoms with E-state index in [0.29, 0.717) is 41.9 Å². The minimum atomic E-state index is -3.90. The van der Waals surface area contributed by atoms with Crippen LogP contribution in [0.3, 0.4) is 0 Å². The van der Waals surface area contributed by atoms with Crippen molar-refractivity contribution in [2.24, 2.45) is 5.10 Å². The van der Waals surface area contributed by atoms with Crippen molar-refractivity contribution in [3.63, 3.8) is 0 Å². The predicted molar refractivity (Wildman–Crippen MR) is 124 cm³/mol. The number of carbonyl (C=O) groups excluding carboxylic acids is 2. The van der Waals surface area contributed by atoms with Gasteiger partial charge in [-0.05, 0) is 42.0 Å². The average molecular weight is 493 g/mol. The molecule has 0 spiro atoms. The number of para-hydroxylation sites is 1. The van der Waals surface area contributed by atoms with Crippen LogP contribution in [-0.2, 0) is 24.3 Å². The Balaban J connectivity index is 1.51. The molecule has 0 aromatic heterocycles. The molecule has 2 aromatic rings. The third-order valence-corrected chi connectivity index (χ3v) is 5.94. The minimum absolute atomic E-state index is 0.0810. The van der Waals surface area contributed by atoms with Gasteiger partial charge in [-0.1, -0.05) is 12.1 Å². The Morgan fingerprint density at radius 2 is 1.85 bits per heavy atom. The van der Waals surface area contributed by atoms with Crippen molar-refractivity contribution in [3.05, 3.63) is 59.9 Å². The fraction of sp³-hybridized carbons (Fsp3) is 0.318. The number of benzene rings is 2. The lowest BCUT2D eigenvalue weighted by atomic mass is 10.2. The van der Waals surface area contributed by atoms with E-state index in [0.717, 1.165) is 12.3 Å². The number of morpholine rings is 1. The first-order valence-corrected chi connectivity index (χ1v) is 12.2. The second-order valence-electron chi connectivity index (χ2n) is 7.37. The molecule has 0 radical (unpaired) electrons. The van der Waals surface area contributed by atoms with Crippen LogP contribution in [0, 0.1) is 5.82 Å². The molecule has 2 amide bonds. The number of hydrogen-bond donors (Lipinski definition) is 1. The SMILES string of the molecule is CS(=O)(=O)N(CC(=O)N/N=C\c1ccc(OCC(=O)N2CCOCC2)cc1)c1ccccc1F.